The molecule has 0 aliphatic heterocycles. The third kappa shape index (κ3) is 6.73. The van der Waals surface area contributed by atoms with Gasteiger partial charge in [-0.05, 0) is 72.3 Å². The smallest absolute Gasteiger partial charge is 0.345 e. The number of carbonyl (C=O) groups is 2. The molecule has 3 aromatic rings. The first-order valence-electron chi connectivity index (χ1n) is 9.30. The number of rotatable bonds is 8. The van der Waals surface area contributed by atoms with E-state index in [2.05, 4.69) is 10.5 Å². The van der Waals surface area contributed by atoms with E-state index in [-0.39, 0.29) is 17.2 Å². The van der Waals surface area contributed by atoms with E-state index in [0.717, 1.165) is 0 Å². The van der Waals surface area contributed by atoms with Gasteiger partial charge >= 0.3 is 5.97 Å². The van der Waals surface area contributed by atoms with Crippen LogP contribution < -0.4 is 19.6 Å². The molecule has 32 heavy (non-hydrogen) atoms. The minimum atomic E-state index is -0.600. The SMILES string of the molecule is COc1ccc(OCC(=O)N/N=C\c2ccc(OC(=O)c3ccc(Cl)cc3Cl)cc2)cc1. The van der Waals surface area contributed by atoms with E-state index >= 15 is 0 Å². The molecule has 0 aliphatic rings. The van der Waals surface area contributed by atoms with E-state index in [1.165, 1.54) is 18.3 Å². The van der Waals surface area contributed by atoms with E-state index in [1.807, 2.05) is 0 Å². The van der Waals surface area contributed by atoms with Gasteiger partial charge in [-0.15, -0.1) is 0 Å². The van der Waals surface area contributed by atoms with Crippen LogP contribution in [0.1, 0.15) is 15.9 Å². The summed E-state index contributed by atoms with van der Waals surface area (Å²) >= 11 is 11.8. The molecule has 0 aliphatic carbocycles. The highest BCUT2D eigenvalue weighted by Gasteiger charge is 2.13. The average Bonchev–Trinajstić information content (AvgIpc) is 2.79. The molecule has 0 aromatic heterocycles. The molecular weight excluding hydrogens is 455 g/mol. The van der Waals surface area contributed by atoms with Crippen molar-refractivity contribution in [1.29, 1.82) is 0 Å². The van der Waals surface area contributed by atoms with Crippen LogP contribution in [0, 0.1) is 0 Å². The fourth-order valence-corrected chi connectivity index (χ4v) is 2.96. The number of halogens is 2. The maximum atomic E-state index is 12.2. The van der Waals surface area contributed by atoms with Gasteiger partial charge in [0.1, 0.15) is 17.2 Å². The lowest BCUT2D eigenvalue weighted by Crippen LogP contribution is -2.24. The molecule has 0 saturated carbocycles. The predicted molar refractivity (Wildman–Crippen MR) is 122 cm³/mol. The van der Waals surface area contributed by atoms with Crippen LogP contribution in [0.15, 0.2) is 71.8 Å². The molecule has 9 heteroatoms. The van der Waals surface area contributed by atoms with Gasteiger partial charge in [0.2, 0.25) is 0 Å². The molecule has 3 rings (SSSR count). The maximum absolute atomic E-state index is 12.2. The first-order valence-corrected chi connectivity index (χ1v) is 10.1. The second-order valence-corrected chi connectivity index (χ2v) is 7.18. The summed E-state index contributed by atoms with van der Waals surface area (Å²) in [5.41, 5.74) is 3.27. The van der Waals surface area contributed by atoms with Gasteiger partial charge < -0.3 is 14.2 Å². The number of nitrogens with zero attached hydrogens (tertiary/aromatic N) is 1. The second-order valence-electron chi connectivity index (χ2n) is 6.34. The van der Waals surface area contributed by atoms with E-state index in [1.54, 1.807) is 61.7 Å². The lowest BCUT2D eigenvalue weighted by atomic mass is 10.2. The molecule has 0 spiro atoms. The fraction of sp³-hybridized carbons (Fsp3) is 0.0870. The van der Waals surface area contributed by atoms with Crippen LogP contribution in [0.5, 0.6) is 17.2 Å². The van der Waals surface area contributed by atoms with Crippen LogP contribution in [-0.4, -0.2) is 31.8 Å². The van der Waals surface area contributed by atoms with Crippen LogP contribution in [0.3, 0.4) is 0 Å². The molecule has 0 bridgehead atoms. The van der Waals surface area contributed by atoms with Crippen molar-refractivity contribution in [3.05, 3.63) is 87.9 Å². The molecule has 164 valence electrons. The Morgan fingerprint density at radius 3 is 2.25 bits per heavy atom. The van der Waals surface area contributed by atoms with Crippen molar-refractivity contribution in [2.24, 2.45) is 5.10 Å². The van der Waals surface area contributed by atoms with Crippen molar-refractivity contribution in [2.75, 3.05) is 13.7 Å². The molecule has 0 atom stereocenters. The summed E-state index contributed by atoms with van der Waals surface area (Å²) in [7, 11) is 1.57. The largest absolute Gasteiger partial charge is 0.497 e. The van der Waals surface area contributed by atoms with Crippen molar-refractivity contribution in [1.82, 2.24) is 5.43 Å². The zero-order chi connectivity index (χ0) is 22.9. The van der Waals surface area contributed by atoms with Gasteiger partial charge in [0.25, 0.3) is 5.91 Å². The quantitative estimate of drug-likeness (QED) is 0.221. The topological polar surface area (TPSA) is 86.2 Å². The number of ether oxygens (including phenoxy) is 3. The number of esters is 1. The van der Waals surface area contributed by atoms with E-state index in [4.69, 9.17) is 37.4 Å². The van der Waals surface area contributed by atoms with Crippen molar-refractivity contribution >= 4 is 41.3 Å². The predicted octanol–water partition coefficient (Wildman–Crippen LogP) is 4.75. The molecule has 0 fully saturated rings. The lowest BCUT2D eigenvalue weighted by Gasteiger charge is -2.06. The third-order valence-electron chi connectivity index (χ3n) is 4.07. The standard InChI is InChI=1S/C23H18Cl2N2O5/c1-30-17-7-9-18(10-8-17)31-14-22(28)27-26-13-15-2-5-19(6-3-15)32-23(29)20-11-4-16(24)12-21(20)25/h2-13H,14H2,1H3,(H,27,28)/b26-13-. The van der Waals surface area contributed by atoms with E-state index in [9.17, 15) is 9.59 Å². The summed E-state index contributed by atoms with van der Waals surface area (Å²) in [5.74, 6) is 0.547. The number of hydrogen-bond donors (Lipinski definition) is 1. The van der Waals surface area contributed by atoms with Crippen LogP contribution in [0.2, 0.25) is 10.0 Å². The van der Waals surface area contributed by atoms with Gasteiger partial charge in [-0.25, -0.2) is 10.2 Å². The summed E-state index contributed by atoms with van der Waals surface area (Å²) in [5, 5.41) is 4.51. The zero-order valence-corrected chi connectivity index (χ0v) is 18.4. The van der Waals surface area contributed by atoms with Gasteiger partial charge in [0.15, 0.2) is 6.61 Å². The van der Waals surface area contributed by atoms with Crippen molar-refractivity contribution in [2.45, 2.75) is 0 Å². The number of nitrogens with one attached hydrogen (secondary N) is 1. The first-order chi connectivity index (χ1) is 15.4. The highest BCUT2D eigenvalue weighted by atomic mass is 35.5. The molecule has 0 unspecified atom stereocenters. The van der Waals surface area contributed by atoms with Crippen molar-refractivity contribution < 1.29 is 23.8 Å². The monoisotopic (exact) mass is 472 g/mol. The fourth-order valence-electron chi connectivity index (χ4n) is 2.47. The number of amides is 1. The Kier molecular flexibility index (Phi) is 8.08. The first kappa shape index (κ1) is 23.1. The van der Waals surface area contributed by atoms with Gasteiger partial charge in [0.05, 0.1) is 23.9 Å². The molecule has 0 radical (unpaired) electrons. The molecule has 1 amide bonds. The Bertz CT molecular complexity index is 1120. The summed E-state index contributed by atoms with van der Waals surface area (Å²) in [6.45, 7) is -0.189. The Morgan fingerprint density at radius 2 is 1.59 bits per heavy atom. The number of carbonyl (C=O) groups excluding carboxylic acids is 2. The maximum Gasteiger partial charge on any atom is 0.345 e. The number of hydrogen-bond acceptors (Lipinski definition) is 6. The highest BCUT2D eigenvalue weighted by molar-refractivity contribution is 6.36. The Labute approximate surface area is 194 Å². The van der Waals surface area contributed by atoms with Crippen LogP contribution in [0.4, 0.5) is 0 Å². The molecule has 0 saturated heterocycles. The third-order valence-corrected chi connectivity index (χ3v) is 4.62. The highest BCUT2D eigenvalue weighted by Crippen LogP contribution is 2.23. The van der Waals surface area contributed by atoms with Gasteiger partial charge in [-0.3, -0.25) is 4.79 Å². The Balaban J connectivity index is 1.47. The van der Waals surface area contributed by atoms with Crippen LogP contribution in [0.25, 0.3) is 0 Å². The van der Waals surface area contributed by atoms with Crippen molar-refractivity contribution in [3.63, 3.8) is 0 Å². The molecular formula is C23H18Cl2N2O5. The number of methoxy groups -OCH3 is 1. The lowest BCUT2D eigenvalue weighted by molar-refractivity contribution is -0.123. The zero-order valence-electron chi connectivity index (χ0n) is 16.9. The van der Waals surface area contributed by atoms with E-state index in [0.29, 0.717) is 27.8 Å². The molecule has 1 N–H and O–H groups in total. The second kappa shape index (κ2) is 11.2. The number of hydrazone groups is 1. The Morgan fingerprint density at radius 1 is 0.938 bits per heavy atom. The molecule has 7 nitrogen and oxygen atoms in total. The van der Waals surface area contributed by atoms with Gasteiger partial charge in [-0.1, -0.05) is 23.2 Å². The van der Waals surface area contributed by atoms with Gasteiger partial charge in [-0.2, -0.15) is 5.10 Å². The summed E-state index contributed by atoms with van der Waals surface area (Å²) < 4.78 is 15.7. The van der Waals surface area contributed by atoms with Gasteiger partial charge in [0, 0.05) is 5.02 Å². The van der Waals surface area contributed by atoms with E-state index < -0.39 is 11.9 Å². The minimum Gasteiger partial charge on any atom is -0.497 e. The molecule has 0 heterocycles. The van der Waals surface area contributed by atoms with Crippen LogP contribution >= 0.6 is 23.2 Å². The minimum absolute atomic E-state index is 0.189. The molecule has 3 aromatic carbocycles. The summed E-state index contributed by atoms with van der Waals surface area (Å²) in [6.07, 6.45) is 1.45. The Hall–Kier alpha value is -3.55. The number of benzene rings is 3. The normalized spacial score (nSPS) is 10.6. The summed E-state index contributed by atoms with van der Waals surface area (Å²) in [4.78, 5) is 24.1. The van der Waals surface area contributed by atoms with Crippen molar-refractivity contribution in [3.8, 4) is 17.2 Å². The van der Waals surface area contributed by atoms with Crippen LogP contribution in [-0.2, 0) is 4.79 Å². The average molecular weight is 473 g/mol. The summed E-state index contributed by atoms with van der Waals surface area (Å²) in [6, 6.07) is 17.9.